The molecule has 0 aliphatic rings. The van der Waals surface area contributed by atoms with Gasteiger partial charge in [0.05, 0.1) is 18.3 Å². The van der Waals surface area contributed by atoms with Gasteiger partial charge >= 0.3 is 0 Å². The van der Waals surface area contributed by atoms with Crippen LogP contribution >= 0.6 is 0 Å². The predicted molar refractivity (Wildman–Crippen MR) is 113 cm³/mol. The number of aliphatic hydroxyl groups is 1. The van der Waals surface area contributed by atoms with Crippen molar-refractivity contribution in [2.45, 2.75) is 66.0 Å². The molecule has 1 unspecified atom stereocenters. The fourth-order valence-corrected chi connectivity index (χ4v) is 3.07. The zero-order valence-electron chi connectivity index (χ0n) is 17.6. The molecule has 4 heteroatoms. The minimum atomic E-state index is -0.712. The monoisotopic (exact) mass is 384 g/mol. The van der Waals surface area contributed by atoms with Crippen molar-refractivity contribution in [3.05, 3.63) is 65.7 Å². The third kappa shape index (κ3) is 5.77. The minimum absolute atomic E-state index is 0.0278. The molecule has 0 spiro atoms. The van der Waals surface area contributed by atoms with Crippen LogP contribution in [-0.2, 0) is 13.0 Å². The number of aliphatic hydroxyl groups excluding tert-OH is 1. The average molecular weight is 385 g/mol. The molecule has 152 valence electrons. The number of rotatable bonds is 10. The number of benzene rings is 2. The molecule has 28 heavy (non-hydrogen) atoms. The van der Waals surface area contributed by atoms with Gasteiger partial charge in [0.1, 0.15) is 12.4 Å². The van der Waals surface area contributed by atoms with E-state index in [0.29, 0.717) is 35.8 Å². The first-order valence-electron chi connectivity index (χ1n) is 9.82. The summed E-state index contributed by atoms with van der Waals surface area (Å²) in [4.78, 5) is 0. The smallest absolute Gasteiger partial charge is 0.165 e. The van der Waals surface area contributed by atoms with Crippen LogP contribution in [-0.4, -0.2) is 17.3 Å². The SMILES string of the molecule is C=CCc1c(OCc2ccccc2)c(OC(C)C)cc(OC(C)C)c1C(C)O. The second-order valence-electron chi connectivity index (χ2n) is 7.37. The molecule has 0 amide bonds. The molecule has 0 aliphatic carbocycles. The first kappa shape index (κ1) is 21.8. The number of hydrogen-bond acceptors (Lipinski definition) is 4. The molecule has 2 aromatic carbocycles. The number of hydrogen-bond donors (Lipinski definition) is 1. The summed E-state index contributed by atoms with van der Waals surface area (Å²) in [7, 11) is 0. The molecule has 0 aromatic heterocycles. The molecule has 4 nitrogen and oxygen atoms in total. The van der Waals surface area contributed by atoms with Gasteiger partial charge in [0, 0.05) is 17.2 Å². The molecule has 0 saturated heterocycles. The van der Waals surface area contributed by atoms with Crippen molar-refractivity contribution in [2.24, 2.45) is 0 Å². The lowest BCUT2D eigenvalue weighted by Crippen LogP contribution is -2.14. The molecule has 0 saturated carbocycles. The van der Waals surface area contributed by atoms with Crippen LogP contribution < -0.4 is 14.2 Å². The molecule has 0 heterocycles. The van der Waals surface area contributed by atoms with Crippen molar-refractivity contribution < 1.29 is 19.3 Å². The van der Waals surface area contributed by atoms with Crippen molar-refractivity contribution >= 4 is 0 Å². The highest BCUT2D eigenvalue weighted by molar-refractivity contribution is 5.59. The van der Waals surface area contributed by atoms with Crippen molar-refractivity contribution in [3.63, 3.8) is 0 Å². The van der Waals surface area contributed by atoms with Crippen LogP contribution in [0, 0.1) is 0 Å². The minimum Gasteiger partial charge on any atom is -0.490 e. The van der Waals surface area contributed by atoms with Gasteiger partial charge in [-0.05, 0) is 46.6 Å². The highest BCUT2D eigenvalue weighted by atomic mass is 16.5. The summed E-state index contributed by atoms with van der Waals surface area (Å²) >= 11 is 0. The largest absolute Gasteiger partial charge is 0.490 e. The maximum atomic E-state index is 10.5. The lowest BCUT2D eigenvalue weighted by molar-refractivity contribution is 0.176. The Balaban J connectivity index is 2.59. The molecule has 0 radical (unpaired) electrons. The van der Waals surface area contributed by atoms with Gasteiger partial charge in [-0.2, -0.15) is 0 Å². The number of ether oxygens (including phenoxy) is 3. The van der Waals surface area contributed by atoms with Crippen molar-refractivity contribution in [1.82, 2.24) is 0 Å². The van der Waals surface area contributed by atoms with Crippen LogP contribution in [0.1, 0.15) is 57.4 Å². The van der Waals surface area contributed by atoms with Gasteiger partial charge in [-0.15, -0.1) is 6.58 Å². The topological polar surface area (TPSA) is 47.9 Å². The van der Waals surface area contributed by atoms with E-state index in [9.17, 15) is 5.11 Å². The molecule has 0 fully saturated rings. The van der Waals surface area contributed by atoms with Gasteiger partial charge in [0.2, 0.25) is 0 Å². The summed E-state index contributed by atoms with van der Waals surface area (Å²) in [6.07, 6.45) is 1.57. The van der Waals surface area contributed by atoms with Gasteiger partial charge in [-0.3, -0.25) is 0 Å². The van der Waals surface area contributed by atoms with Crippen LogP contribution in [0.15, 0.2) is 49.1 Å². The summed E-state index contributed by atoms with van der Waals surface area (Å²) in [5, 5.41) is 10.5. The Hall–Kier alpha value is -2.46. The van der Waals surface area contributed by atoms with E-state index >= 15 is 0 Å². The van der Waals surface area contributed by atoms with Gasteiger partial charge in [0.15, 0.2) is 11.5 Å². The summed E-state index contributed by atoms with van der Waals surface area (Å²) in [5.41, 5.74) is 2.62. The summed E-state index contributed by atoms with van der Waals surface area (Å²) in [5.74, 6) is 1.86. The highest BCUT2D eigenvalue weighted by Crippen LogP contribution is 2.44. The standard InChI is InChI=1S/C24H32O4/c1-7-11-20-23(18(6)25)21(27-16(2)3)14-22(28-17(4)5)24(20)26-15-19-12-9-8-10-13-19/h7-10,12-14,16-18,25H,1,11,15H2,2-6H3. The van der Waals surface area contributed by atoms with E-state index in [1.54, 1.807) is 13.0 Å². The molecular formula is C24H32O4. The van der Waals surface area contributed by atoms with Gasteiger partial charge in [-0.1, -0.05) is 36.4 Å². The van der Waals surface area contributed by atoms with E-state index in [4.69, 9.17) is 14.2 Å². The van der Waals surface area contributed by atoms with E-state index in [-0.39, 0.29) is 12.2 Å². The van der Waals surface area contributed by atoms with E-state index in [2.05, 4.69) is 6.58 Å². The van der Waals surface area contributed by atoms with Gasteiger partial charge in [0.25, 0.3) is 0 Å². The van der Waals surface area contributed by atoms with Crippen LogP contribution in [0.4, 0.5) is 0 Å². The fourth-order valence-electron chi connectivity index (χ4n) is 3.07. The molecular weight excluding hydrogens is 352 g/mol. The van der Waals surface area contributed by atoms with Crippen molar-refractivity contribution in [1.29, 1.82) is 0 Å². The molecule has 1 atom stereocenters. The first-order chi connectivity index (χ1) is 13.3. The third-order valence-electron chi connectivity index (χ3n) is 4.07. The Labute approximate surface area is 168 Å². The Bertz CT molecular complexity index is 764. The van der Waals surface area contributed by atoms with Crippen molar-refractivity contribution in [3.8, 4) is 17.2 Å². The highest BCUT2D eigenvalue weighted by Gasteiger charge is 2.24. The maximum absolute atomic E-state index is 10.5. The van der Waals surface area contributed by atoms with E-state index in [1.165, 1.54) is 0 Å². The number of allylic oxidation sites excluding steroid dienone is 1. The third-order valence-corrected chi connectivity index (χ3v) is 4.07. The first-order valence-corrected chi connectivity index (χ1v) is 9.82. The molecule has 0 bridgehead atoms. The van der Waals surface area contributed by atoms with Crippen LogP contribution in [0.25, 0.3) is 0 Å². The van der Waals surface area contributed by atoms with Crippen LogP contribution in [0.3, 0.4) is 0 Å². The van der Waals surface area contributed by atoms with Gasteiger partial charge in [-0.25, -0.2) is 0 Å². The lowest BCUT2D eigenvalue weighted by atomic mass is 9.97. The Morgan fingerprint density at radius 3 is 2.11 bits per heavy atom. The lowest BCUT2D eigenvalue weighted by Gasteiger charge is -2.25. The van der Waals surface area contributed by atoms with Crippen LogP contribution in [0.5, 0.6) is 17.2 Å². The summed E-state index contributed by atoms with van der Waals surface area (Å²) in [6, 6.07) is 11.8. The average Bonchev–Trinajstić information content (AvgIpc) is 2.61. The molecule has 2 rings (SSSR count). The Morgan fingerprint density at radius 2 is 1.57 bits per heavy atom. The maximum Gasteiger partial charge on any atom is 0.165 e. The normalized spacial score (nSPS) is 12.1. The molecule has 0 aliphatic heterocycles. The van der Waals surface area contributed by atoms with Gasteiger partial charge < -0.3 is 19.3 Å². The summed E-state index contributed by atoms with van der Waals surface area (Å²) in [6.45, 7) is 13.9. The summed E-state index contributed by atoms with van der Waals surface area (Å²) < 4.78 is 18.3. The van der Waals surface area contributed by atoms with E-state index in [0.717, 1.165) is 11.1 Å². The zero-order valence-corrected chi connectivity index (χ0v) is 17.6. The van der Waals surface area contributed by atoms with E-state index in [1.807, 2.05) is 64.1 Å². The van der Waals surface area contributed by atoms with Crippen LogP contribution in [0.2, 0.25) is 0 Å². The zero-order chi connectivity index (χ0) is 20.7. The predicted octanol–water partition coefficient (Wildman–Crippen LogP) is 5.62. The fraction of sp³-hybridized carbons (Fsp3) is 0.417. The molecule has 2 aromatic rings. The quantitative estimate of drug-likeness (QED) is 0.540. The second kappa shape index (κ2) is 10.2. The Morgan fingerprint density at radius 1 is 0.964 bits per heavy atom. The second-order valence-corrected chi connectivity index (χ2v) is 7.37. The van der Waals surface area contributed by atoms with E-state index < -0.39 is 6.10 Å². The van der Waals surface area contributed by atoms with Crippen molar-refractivity contribution in [2.75, 3.05) is 0 Å². The molecule has 1 N–H and O–H groups in total. The Kier molecular flexibility index (Phi) is 7.94.